The van der Waals surface area contributed by atoms with E-state index in [1.165, 1.54) is 11.6 Å². The Balaban J connectivity index is 2.00. The van der Waals surface area contributed by atoms with Crippen molar-refractivity contribution in [2.24, 2.45) is 0 Å². The van der Waals surface area contributed by atoms with E-state index in [-0.39, 0.29) is 5.69 Å². The van der Waals surface area contributed by atoms with Crippen LogP contribution in [0, 0.1) is 0 Å². The first kappa shape index (κ1) is 14.1. The number of amides is 1. The van der Waals surface area contributed by atoms with Gasteiger partial charge >= 0.3 is 0 Å². The Kier molecular flexibility index (Phi) is 3.50. The number of nitrogens with one attached hydrogen (secondary N) is 1. The van der Waals surface area contributed by atoms with Gasteiger partial charge in [-0.3, -0.25) is 14.2 Å². The van der Waals surface area contributed by atoms with Crippen LogP contribution in [-0.4, -0.2) is 41.4 Å². The quantitative estimate of drug-likeness (QED) is 0.868. The first-order valence-electron chi connectivity index (χ1n) is 6.77. The molecule has 0 unspecified atom stereocenters. The fourth-order valence-electron chi connectivity index (χ4n) is 2.38. The summed E-state index contributed by atoms with van der Waals surface area (Å²) in [5.74, 6) is 0.653. The van der Waals surface area contributed by atoms with E-state index in [0.29, 0.717) is 19.0 Å². The zero-order chi connectivity index (χ0) is 15.7. The number of benzene rings is 1. The first-order valence-corrected chi connectivity index (χ1v) is 6.77. The van der Waals surface area contributed by atoms with E-state index < -0.39 is 11.5 Å². The number of hydrogen-bond acceptors (Lipinski definition) is 6. The Hall–Kier alpha value is -2.90. The lowest BCUT2D eigenvalue weighted by Crippen LogP contribution is -2.33. The van der Waals surface area contributed by atoms with E-state index >= 15 is 0 Å². The summed E-state index contributed by atoms with van der Waals surface area (Å²) in [5, 5.41) is 10.2. The van der Waals surface area contributed by atoms with Crippen molar-refractivity contribution >= 4 is 17.5 Å². The van der Waals surface area contributed by atoms with E-state index in [2.05, 4.69) is 15.5 Å². The molecule has 0 radical (unpaired) electrons. The van der Waals surface area contributed by atoms with Crippen molar-refractivity contribution in [2.45, 2.75) is 6.54 Å². The van der Waals surface area contributed by atoms with Gasteiger partial charge in [-0.05, 0) is 24.3 Å². The molecular weight excluding hydrogens is 286 g/mol. The van der Waals surface area contributed by atoms with Crippen molar-refractivity contribution in [1.29, 1.82) is 0 Å². The number of carbonyl (C=O) groups excluding carboxylic acids is 1. The molecule has 22 heavy (non-hydrogen) atoms. The van der Waals surface area contributed by atoms with Gasteiger partial charge in [0.2, 0.25) is 11.6 Å². The molecule has 8 nitrogen and oxygen atoms in total. The zero-order valence-corrected chi connectivity index (χ0v) is 12.2. The minimum Gasteiger partial charge on any atom is -0.497 e. The van der Waals surface area contributed by atoms with Gasteiger partial charge in [-0.25, -0.2) is 0 Å². The molecule has 1 aromatic carbocycles. The summed E-state index contributed by atoms with van der Waals surface area (Å²) in [7, 11) is 3.05. The first-order chi connectivity index (χ1) is 10.7. The Morgan fingerprint density at radius 2 is 1.95 bits per heavy atom. The van der Waals surface area contributed by atoms with Gasteiger partial charge in [-0.1, -0.05) is 0 Å². The molecule has 0 aliphatic carbocycles. The lowest BCUT2D eigenvalue weighted by Gasteiger charge is -2.16. The van der Waals surface area contributed by atoms with Crippen LogP contribution < -0.4 is 20.5 Å². The molecule has 1 N–H and O–H groups in total. The molecule has 3 rings (SSSR count). The van der Waals surface area contributed by atoms with Gasteiger partial charge in [0.05, 0.1) is 7.11 Å². The zero-order valence-electron chi connectivity index (χ0n) is 12.2. The summed E-state index contributed by atoms with van der Waals surface area (Å²) in [4.78, 5) is 25.8. The van der Waals surface area contributed by atoms with Crippen LogP contribution in [0.25, 0.3) is 0 Å². The number of aromatic nitrogens is 3. The van der Waals surface area contributed by atoms with Crippen LogP contribution in [-0.2, 0) is 6.54 Å². The van der Waals surface area contributed by atoms with Gasteiger partial charge in [0.15, 0.2) is 0 Å². The maximum atomic E-state index is 12.3. The predicted octanol–water partition coefficient (Wildman–Crippen LogP) is 0.158. The third kappa shape index (κ3) is 2.18. The lowest BCUT2D eigenvalue weighted by atomic mass is 10.3. The second kappa shape index (κ2) is 5.47. The largest absolute Gasteiger partial charge is 0.497 e. The van der Waals surface area contributed by atoms with Gasteiger partial charge in [0.25, 0.3) is 11.5 Å². The van der Waals surface area contributed by atoms with E-state index in [1.807, 2.05) is 29.2 Å². The van der Waals surface area contributed by atoms with Crippen molar-refractivity contribution in [3.8, 4) is 5.75 Å². The summed E-state index contributed by atoms with van der Waals surface area (Å²) in [6.07, 6.45) is 0. The second-order valence-corrected chi connectivity index (χ2v) is 4.73. The molecule has 8 heteroatoms. The fourth-order valence-corrected chi connectivity index (χ4v) is 2.38. The third-order valence-electron chi connectivity index (χ3n) is 3.54. The van der Waals surface area contributed by atoms with Gasteiger partial charge < -0.3 is 15.0 Å². The van der Waals surface area contributed by atoms with Crippen LogP contribution in [0.4, 0.5) is 11.6 Å². The second-order valence-electron chi connectivity index (χ2n) is 4.73. The highest BCUT2D eigenvalue weighted by Crippen LogP contribution is 2.27. The number of carbonyl (C=O) groups is 1. The van der Waals surface area contributed by atoms with Crippen molar-refractivity contribution in [1.82, 2.24) is 20.1 Å². The Morgan fingerprint density at radius 3 is 2.59 bits per heavy atom. The van der Waals surface area contributed by atoms with E-state index in [4.69, 9.17) is 4.74 Å². The van der Waals surface area contributed by atoms with Crippen LogP contribution in [0.1, 0.15) is 10.5 Å². The van der Waals surface area contributed by atoms with Gasteiger partial charge in [-0.15, -0.1) is 10.2 Å². The number of fused-ring (bicyclic) bond motifs is 1. The molecule has 1 amide bonds. The predicted molar refractivity (Wildman–Crippen MR) is 79.7 cm³/mol. The van der Waals surface area contributed by atoms with Crippen molar-refractivity contribution in [2.75, 3.05) is 25.6 Å². The number of methoxy groups -OCH3 is 1. The third-order valence-corrected chi connectivity index (χ3v) is 3.54. The van der Waals surface area contributed by atoms with E-state index in [9.17, 15) is 9.59 Å². The molecule has 1 aromatic heterocycles. The maximum Gasteiger partial charge on any atom is 0.286 e. The molecule has 1 aliphatic heterocycles. The van der Waals surface area contributed by atoms with Crippen LogP contribution in [0.2, 0.25) is 0 Å². The van der Waals surface area contributed by atoms with Gasteiger partial charge in [-0.2, -0.15) is 0 Å². The summed E-state index contributed by atoms with van der Waals surface area (Å²) >= 11 is 0. The number of anilines is 2. The normalized spacial score (nSPS) is 12.9. The summed E-state index contributed by atoms with van der Waals surface area (Å²) < 4.78 is 6.59. The average molecular weight is 301 g/mol. The molecule has 1 aliphatic rings. The molecule has 2 heterocycles. The minimum atomic E-state index is -0.532. The maximum absolute atomic E-state index is 12.3. The van der Waals surface area contributed by atoms with E-state index in [1.54, 1.807) is 7.11 Å². The molecule has 114 valence electrons. The standard InChI is InChI=1S/C14H15N5O3/c1-15-12(20)11-13(21)19-8-7-18(14(19)17-16-11)9-3-5-10(22-2)6-4-9/h3-6H,7-8H2,1-2H3,(H,15,20). The Morgan fingerprint density at radius 1 is 1.23 bits per heavy atom. The SMILES string of the molecule is CNC(=O)c1nnc2n(c1=O)CCN2c1ccc(OC)cc1. The molecule has 0 fully saturated rings. The molecule has 0 saturated heterocycles. The highest BCUT2D eigenvalue weighted by molar-refractivity contribution is 5.91. The lowest BCUT2D eigenvalue weighted by molar-refractivity contribution is 0.0954. The molecule has 0 bridgehead atoms. The number of ether oxygens (including phenoxy) is 1. The average Bonchev–Trinajstić information content (AvgIpc) is 2.99. The fraction of sp³-hybridized carbons (Fsp3) is 0.286. The van der Waals surface area contributed by atoms with Gasteiger partial charge in [0, 0.05) is 25.8 Å². The molecule has 0 spiro atoms. The van der Waals surface area contributed by atoms with Gasteiger partial charge in [0.1, 0.15) is 5.75 Å². The molecular formula is C14H15N5O3. The monoisotopic (exact) mass is 301 g/mol. The van der Waals surface area contributed by atoms with Crippen LogP contribution >= 0.6 is 0 Å². The highest BCUT2D eigenvalue weighted by atomic mass is 16.5. The number of rotatable bonds is 3. The molecule has 0 atom stereocenters. The van der Waals surface area contributed by atoms with Crippen LogP contribution in [0.15, 0.2) is 29.1 Å². The minimum absolute atomic E-state index is 0.192. The van der Waals surface area contributed by atoms with Crippen molar-refractivity contribution < 1.29 is 9.53 Å². The van der Waals surface area contributed by atoms with Crippen LogP contribution in [0.3, 0.4) is 0 Å². The van der Waals surface area contributed by atoms with Crippen molar-refractivity contribution in [3.05, 3.63) is 40.3 Å². The topological polar surface area (TPSA) is 89.3 Å². The smallest absolute Gasteiger partial charge is 0.286 e. The number of nitrogens with zero attached hydrogens (tertiary/aromatic N) is 4. The Bertz CT molecular complexity index is 769. The molecule has 2 aromatic rings. The molecule has 0 saturated carbocycles. The summed E-state index contributed by atoms with van der Waals surface area (Å²) in [6, 6.07) is 7.44. The van der Waals surface area contributed by atoms with Crippen LogP contribution in [0.5, 0.6) is 5.75 Å². The summed E-state index contributed by atoms with van der Waals surface area (Å²) in [5.41, 5.74) is 0.261. The highest BCUT2D eigenvalue weighted by Gasteiger charge is 2.26. The Labute approximate surface area is 126 Å². The van der Waals surface area contributed by atoms with Crippen molar-refractivity contribution in [3.63, 3.8) is 0 Å². The summed E-state index contributed by atoms with van der Waals surface area (Å²) in [6.45, 7) is 1.05. The number of hydrogen-bond donors (Lipinski definition) is 1. The van der Waals surface area contributed by atoms with E-state index in [0.717, 1.165) is 11.4 Å².